The highest BCUT2D eigenvalue weighted by molar-refractivity contribution is 7.98. The van der Waals surface area contributed by atoms with Crippen molar-refractivity contribution in [1.82, 2.24) is 10.6 Å². The molecule has 14 heavy (non-hydrogen) atoms. The average molecular weight is 216 g/mol. The monoisotopic (exact) mass is 216 g/mol. The maximum Gasteiger partial charge on any atom is 0.227 e. The molecule has 0 aliphatic carbocycles. The Morgan fingerprint density at radius 1 is 1.71 bits per heavy atom. The topological polar surface area (TPSA) is 41.1 Å². The van der Waals surface area contributed by atoms with Crippen LogP contribution < -0.4 is 10.6 Å². The van der Waals surface area contributed by atoms with Crippen LogP contribution in [0.4, 0.5) is 0 Å². The van der Waals surface area contributed by atoms with E-state index in [1.807, 2.05) is 6.92 Å². The Kier molecular flexibility index (Phi) is 4.26. The second-order valence-electron chi connectivity index (χ2n) is 4.32. The summed E-state index contributed by atoms with van der Waals surface area (Å²) >= 11 is 1.76. The van der Waals surface area contributed by atoms with Crippen LogP contribution in [0, 0.1) is 5.41 Å². The fourth-order valence-electron chi connectivity index (χ4n) is 1.70. The molecule has 82 valence electrons. The minimum atomic E-state index is -0.188. The molecule has 2 N–H and O–H groups in total. The smallest absolute Gasteiger partial charge is 0.227 e. The zero-order valence-corrected chi connectivity index (χ0v) is 10.0. The van der Waals surface area contributed by atoms with Gasteiger partial charge in [-0.05, 0) is 33.1 Å². The van der Waals surface area contributed by atoms with Gasteiger partial charge in [0.15, 0.2) is 0 Å². The summed E-state index contributed by atoms with van der Waals surface area (Å²) in [4.78, 5) is 11.9. The van der Waals surface area contributed by atoms with Gasteiger partial charge in [-0.3, -0.25) is 4.79 Å². The maximum atomic E-state index is 11.9. The van der Waals surface area contributed by atoms with Crippen LogP contribution in [-0.2, 0) is 4.79 Å². The highest BCUT2D eigenvalue weighted by Crippen LogP contribution is 2.24. The van der Waals surface area contributed by atoms with Crippen LogP contribution in [0.5, 0.6) is 0 Å². The Labute approximate surface area is 90.4 Å². The zero-order chi connectivity index (χ0) is 10.6. The van der Waals surface area contributed by atoms with Crippen LogP contribution in [0.1, 0.15) is 20.3 Å². The minimum Gasteiger partial charge on any atom is -0.352 e. The van der Waals surface area contributed by atoms with Crippen molar-refractivity contribution < 1.29 is 4.79 Å². The number of amides is 1. The summed E-state index contributed by atoms with van der Waals surface area (Å²) in [5, 5.41) is 6.30. The van der Waals surface area contributed by atoms with Crippen molar-refractivity contribution in [3.8, 4) is 0 Å². The Bertz CT molecular complexity index is 202. The summed E-state index contributed by atoms with van der Waals surface area (Å²) in [6.07, 6.45) is 3.01. The van der Waals surface area contributed by atoms with Crippen LogP contribution in [0.2, 0.25) is 0 Å². The van der Waals surface area contributed by atoms with E-state index in [1.54, 1.807) is 11.8 Å². The first-order valence-electron chi connectivity index (χ1n) is 5.09. The van der Waals surface area contributed by atoms with Gasteiger partial charge in [0, 0.05) is 18.3 Å². The van der Waals surface area contributed by atoms with Crippen LogP contribution >= 0.6 is 11.8 Å². The molecule has 1 amide bonds. The van der Waals surface area contributed by atoms with Crippen LogP contribution in [0.15, 0.2) is 0 Å². The van der Waals surface area contributed by atoms with Gasteiger partial charge < -0.3 is 10.6 Å². The first-order chi connectivity index (χ1) is 6.58. The lowest BCUT2D eigenvalue weighted by atomic mass is 9.88. The average Bonchev–Trinajstić information content (AvgIpc) is 2.54. The maximum absolute atomic E-state index is 11.9. The molecule has 0 bridgehead atoms. The van der Waals surface area contributed by atoms with E-state index in [2.05, 4.69) is 23.8 Å². The quantitative estimate of drug-likeness (QED) is 0.732. The van der Waals surface area contributed by atoms with Crippen molar-refractivity contribution in [2.45, 2.75) is 26.3 Å². The van der Waals surface area contributed by atoms with Crippen molar-refractivity contribution in [2.75, 3.05) is 25.1 Å². The van der Waals surface area contributed by atoms with E-state index in [9.17, 15) is 4.79 Å². The fraction of sp³-hybridized carbons (Fsp3) is 0.900. The number of thioether (sulfide) groups is 1. The first kappa shape index (κ1) is 11.9. The molecule has 0 aromatic carbocycles. The van der Waals surface area contributed by atoms with E-state index in [0.717, 1.165) is 25.3 Å². The van der Waals surface area contributed by atoms with Gasteiger partial charge in [-0.25, -0.2) is 0 Å². The molecule has 0 aromatic heterocycles. The van der Waals surface area contributed by atoms with Crippen LogP contribution in [0.3, 0.4) is 0 Å². The highest BCUT2D eigenvalue weighted by atomic mass is 32.2. The number of carbonyl (C=O) groups is 1. The predicted octanol–water partition coefficient (Wildman–Crippen LogP) is 0.854. The Hall–Kier alpha value is -0.220. The molecule has 3 nitrogen and oxygen atoms in total. The molecule has 1 fully saturated rings. The Morgan fingerprint density at radius 2 is 2.43 bits per heavy atom. The molecule has 2 atom stereocenters. The van der Waals surface area contributed by atoms with E-state index >= 15 is 0 Å². The van der Waals surface area contributed by atoms with Crippen molar-refractivity contribution in [3.63, 3.8) is 0 Å². The molecule has 1 aliphatic rings. The molecule has 1 saturated heterocycles. The largest absolute Gasteiger partial charge is 0.352 e. The SMILES string of the molecule is CSCC(C)NC(=O)C1(C)CCNC1. The fourth-order valence-corrected chi connectivity index (χ4v) is 2.28. The Balaban J connectivity index is 2.40. The highest BCUT2D eigenvalue weighted by Gasteiger charge is 2.36. The lowest BCUT2D eigenvalue weighted by Crippen LogP contribution is -2.45. The molecule has 0 radical (unpaired) electrons. The molecule has 0 saturated carbocycles. The normalized spacial score (nSPS) is 28.8. The molecule has 4 heteroatoms. The summed E-state index contributed by atoms with van der Waals surface area (Å²) < 4.78 is 0. The second kappa shape index (κ2) is 5.03. The van der Waals surface area contributed by atoms with Gasteiger partial charge in [0.05, 0.1) is 5.41 Å². The van der Waals surface area contributed by atoms with Crippen molar-refractivity contribution in [3.05, 3.63) is 0 Å². The van der Waals surface area contributed by atoms with Crippen molar-refractivity contribution in [2.24, 2.45) is 5.41 Å². The van der Waals surface area contributed by atoms with E-state index in [1.165, 1.54) is 0 Å². The second-order valence-corrected chi connectivity index (χ2v) is 5.23. The molecule has 0 spiro atoms. The predicted molar refractivity (Wildman–Crippen MR) is 61.6 cm³/mol. The summed E-state index contributed by atoms with van der Waals surface area (Å²) in [5.74, 6) is 1.18. The summed E-state index contributed by atoms with van der Waals surface area (Å²) in [6, 6.07) is 0.273. The minimum absolute atomic E-state index is 0.188. The molecule has 0 aromatic rings. The number of hydrogen-bond acceptors (Lipinski definition) is 3. The molecule has 1 rings (SSSR count). The standard InChI is InChI=1S/C10H20N2OS/c1-8(6-14-3)12-9(13)10(2)4-5-11-7-10/h8,11H,4-7H2,1-3H3,(H,12,13). The molecular weight excluding hydrogens is 196 g/mol. The van der Waals surface area contributed by atoms with Gasteiger partial charge in [0.25, 0.3) is 0 Å². The van der Waals surface area contributed by atoms with Crippen LogP contribution in [-0.4, -0.2) is 37.0 Å². The van der Waals surface area contributed by atoms with Gasteiger partial charge in [-0.15, -0.1) is 0 Å². The van der Waals surface area contributed by atoms with Gasteiger partial charge >= 0.3 is 0 Å². The van der Waals surface area contributed by atoms with Gasteiger partial charge in [-0.2, -0.15) is 11.8 Å². The number of rotatable bonds is 4. The van der Waals surface area contributed by atoms with Crippen LogP contribution in [0.25, 0.3) is 0 Å². The molecule has 1 aliphatic heterocycles. The zero-order valence-electron chi connectivity index (χ0n) is 9.22. The van der Waals surface area contributed by atoms with Crippen molar-refractivity contribution >= 4 is 17.7 Å². The number of carbonyl (C=O) groups excluding carboxylic acids is 1. The third-order valence-corrected chi connectivity index (χ3v) is 3.54. The summed E-state index contributed by atoms with van der Waals surface area (Å²) in [6.45, 7) is 5.86. The van der Waals surface area contributed by atoms with E-state index in [-0.39, 0.29) is 17.4 Å². The van der Waals surface area contributed by atoms with Gasteiger partial charge in [0.1, 0.15) is 0 Å². The summed E-state index contributed by atoms with van der Waals surface area (Å²) in [5.41, 5.74) is -0.188. The number of hydrogen-bond donors (Lipinski definition) is 2. The van der Waals surface area contributed by atoms with Crippen molar-refractivity contribution in [1.29, 1.82) is 0 Å². The Morgan fingerprint density at radius 3 is 2.93 bits per heavy atom. The summed E-state index contributed by atoms with van der Waals surface area (Å²) in [7, 11) is 0. The molecule has 2 unspecified atom stereocenters. The molecule has 1 heterocycles. The van der Waals surface area contributed by atoms with E-state index in [0.29, 0.717) is 0 Å². The van der Waals surface area contributed by atoms with E-state index < -0.39 is 0 Å². The van der Waals surface area contributed by atoms with Gasteiger partial charge in [-0.1, -0.05) is 0 Å². The lowest BCUT2D eigenvalue weighted by Gasteiger charge is -2.24. The third-order valence-electron chi connectivity index (χ3n) is 2.71. The van der Waals surface area contributed by atoms with E-state index in [4.69, 9.17) is 0 Å². The lowest BCUT2D eigenvalue weighted by molar-refractivity contribution is -0.129. The third kappa shape index (κ3) is 2.89. The van der Waals surface area contributed by atoms with Gasteiger partial charge in [0.2, 0.25) is 5.91 Å². The number of nitrogens with one attached hydrogen (secondary N) is 2. The first-order valence-corrected chi connectivity index (χ1v) is 6.48. The molecular formula is C10H20N2OS.